The smallest absolute Gasteiger partial charge is 0.393 e. The van der Waals surface area contributed by atoms with E-state index in [4.69, 9.17) is 0 Å². The maximum Gasteiger partial charge on any atom is 0.473 e. The fourth-order valence-electron chi connectivity index (χ4n) is 1.71. The minimum Gasteiger partial charge on any atom is -0.393 e. The lowest BCUT2D eigenvalue weighted by Gasteiger charge is -2.40. The van der Waals surface area contributed by atoms with E-state index in [9.17, 15) is 70.7 Å². The highest BCUT2D eigenvalue weighted by Gasteiger charge is 2.91. The Labute approximate surface area is 156 Å². The van der Waals surface area contributed by atoms with Crippen LogP contribution in [-0.4, -0.2) is 47.9 Å². The van der Waals surface area contributed by atoms with Crippen molar-refractivity contribution in [1.29, 1.82) is 0 Å². The zero-order valence-corrected chi connectivity index (χ0v) is 13.9. The van der Waals surface area contributed by atoms with Crippen molar-refractivity contribution < 1.29 is 75.4 Å². The Morgan fingerprint density at radius 1 is 0.667 bits per heavy atom. The van der Waals surface area contributed by atoms with Crippen LogP contribution in [-0.2, 0) is 9.53 Å². The summed E-state index contributed by atoms with van der Waals surface area (Å²) in [5.74, 6) is -40.3. The summed E-state index contributed by atoms with van der Waals surface area (Å²) >= 11 is 0. The summed E-state index contributed by atoms with van der Waals surface area (Å²) in [6.45, 7) is 2.37. The van der Waals surface area contributed by atoms with Crippen LogP contribution in [0.2, 0.25) is 0 Å². The molecule has 0 aromatic carbocycles. The van der Waals surface area contributed by atoms with E-state index in [0.717, 1.165) is 0 Å². The van der Waals surface area contributed by atoms with Crippen LogP contribution in [0, 0.1) is 0 Å². The van der Waals surface area contributed by atoms with Crippen LogP contribution in [0.4, 0.5) is 65.9 Å². The number of hydrogen-bond donors (Lipinski definition) is 0. The van der Waals surface area contributed by atoms with Gasteiger partial charge in [-0.25, -0.2) is 4.79 Å². The first kappa shape index (κ1) is 28.2. The van der Waals surface area contributed by atoms with Crippen LogP contribution in [0.5, 0.6) is 0 Å². The van der Waals surface area contributed by atoms with E-state index in [1.54, 1.807) is 0 Å². The van der Waals surface area contributed by atoms with Crippen LogP contribution in [0.25, 0.3) is 0 Å². The summed E-state index contributed by atoms with van der Waals surface area (Å²) < 4.78 is 198. The largest absolute Gasteiger partial charge is 0.473 e. The zero-order chi connectivity index (χ0) is 24.6. The average Bonchev–Trinajstić information content (AvgIpc) is 2.51. The van der Waals surface area contributed by atoms with Crippen LogP contribution < -0.4 is 0 Å². The molecule has 0 saturated heterocycles. The van der Waals surface area contributed by atoms with Gasteiger partial charge in [-0.1, -0.05) is 6.58 Å². The number of esters is 1. The van der Waals surface area contributed by atoms with Crippen LogP contribution in [0.15, 0.2) is 12.7 Å². The third-order valence-corrected chi connectivity index (χ3v) is 3.35. The number of hydrogen-bond acceptors (Lipinski definition) is 2. The van der Waals surface area contributed by atoms with Crippen LogP contribution in [0.1, 0.15) is 19.3 Å². The van der Waals surface area contributed by atoms with E-state index in [0.29, 0.717) is 0 Å². The van der Waals surface area contributed by atoms with Crippen molar-refractivity contribution in [2.24, 2.45) is 0 Å². The number of carbonyl (C=O) groups is 1. The van der Waals surface area contributed by atoms with Crippen molar-refractivity contribution in [3.63, 3.8) is 0 Å². The predicted molar refractivity (Wildman–Crippen MR) is 65.9 cm³/mol. The summed E-state index contributed by atoms with van der Waals surface area (Å²) in [6, 6.07) is 0. The summed E-state index contributed by atoms with van der Waals surface area (Å²) in [4.78, 5) is 10.5. The van der Waals surface area contributed by atoms with Gasteiger partial charge in [-0.3, -0.25) is 0 Å². The van der Waals surface area contributed by atoms with Crippen molar-refractivity contribution in [3.8, 4) is 0 Å². The van der Waals surface area contributed by atoms with E-state index in [-0.39, 0.29) is 6.08 Å². The molecule has 0 unspecified atom stereocenters. The Hall–Kier alpha value is -1.84. The molecule has 0 N–H and O–H groups in total. The van der Waals surface area contributed by atoms with Gasteiger partial charge in [0.15, 0.2) is 0 Å². The Bertz CT molecular complexity index is 635. The Morgan fingerprint density at radius 2 is 1.07 bits per heavy atom. The Morgan fingerprint density at radius 3 is 1.43 bits per heavy atom. The molecule has 2 nitrogen and oxygen atoms in total. The molecule has 30 heavy (non-hydrogen) atoms. The molecule has 0 bridgehead atoms. The van der Waals surface area contributed by atoms with Crippen molar-refractivity contribution in [3.05, 3.63) is 12.7 Å². The quantitative estimate of drug-likeness (QED) is 0.210. The molecule has 0 aromatic rings. The third-order valence-electron chi connectivity index (χ3n) is 3.35. The zero-order valence-electron chi connectivity index (χ0n) is 13.9. The topological polar surface area (TPSA) is 26.3 Å². The molecule has 0 amide bonds. The lowest BCUT2D eigenvalue weighted by molar-refractivity contribution is -0.451. The summed E-state index contributed by atoms with van der Waals surface area (Å²) in [5.41, 5.74) is 0. The van der Waals surface area contributed by atoms with Crippen LogP contribution in [0.3, 0.4) is 0 Å². The lowest BCUT2D eigenvalue weighted by Crippen LogP contribution is -2.71. The van der Waals surface area contributed by atoms with E-state index in [1.165, 1.54) is 0 Å². The van der Waals surface area contributed by atoms with E-state index >= 15 is 0 Å². The molecule has 0 fully saturated rings. The lowest BCUT2D eigenvalue weighted by atomic mass is 9.91. The van der Waals surface area contributed by atoms with Gasteiger partial charge in [0.1, 0.15) is 0 Å². The molecule has 0 heterocycles. The number of carbonyl (C=O) groups excluding carboxylic acids is 1. The van der Waals surface area contributed by atoms with Gasteiger partial charge in [-0.15, -0.1) is 0 Å². The van der Waals surface area contributed by atoms with Crippen LogP contribution >= 0.6 is 0 Å². The molecular weight excluding hydrogens is 473 g/mol. The molecule has 17 heteroatoms. The van der Waals surface area contributed by atoms with Crippen molar-refractivity contribution in [1.82, 2.24) is 0 Å². The molecule has 0 rings (SSSR count). The van der Waals surface area contributed by atoms with Gasteiger partial charge in [0.25, 0.3) is 0 Å². The minimum atomic E-state index is -8.00. The second-order valence-corrected chi connectivity index (χ2v) is 5.61. The van der Waals surface area contributed by atoms with E-state index in [2.05, 4.69) is 11.3 Å². The van der Waals surface area contributed by atoms with Crippen molar-refractivity contribution in [2.45, 2.75) is 61.2 Å². The second-order valence-electron chi connectivity index (χ2n) is 5.61. The fraction of sp³-hybridized carbons (Fsp3) is 0.769. The van der Waals surface area contributed by atoms with Crippen molar-refractivity contribution >= 4 is 5.97 Å². The SMILES string of the molecule is C=CC(=O)OC(F)(F)C(F)(F)C(F)(F)C(F)(F)C(F)(F)C(F)(F)CCCC(F)(F)F. The molecule has 178 valence electrons. The number of ether oxygens (including phenoxy) is 1. The molecule has 0 aliphatic heterocycles. The van der Waals surface area contributed by atoms with Gasteiger partial charge in [-0.2, -0.15) is 65.9 Å². The van der Waals surface area contributed by atoms with Gasteiger partial charge < -0.3 is 4.74 Å². The van der Waals surface area contributed by atoms with Gasteiger partial charge in [-0.05, 0) is 6.42 Å². The van der Waals surface area contributed by atoms with E-state index < -0.39 is 67.1 Å². The molecule has 0 spiro atoms. The maximum absolute atomic E-state index is 13.4. The van der Waals surface area contributed by atoms with Gasteiger partial charge in [0, 0.05) is 18.9 Å². The standard InChI is InChI=1S/C13H9F15O2/c1-2-6(29)30-13(27,28)12(25,26)11(23,24)10(21,22)9(19,20)7(14,15)4-3-5-8(16,17)18/h2H,1,3-5H2. The third kappa shape index (κ3) is 4.90. The normalized spacial score (nSPS) is 15.2. The summed E-state index contributed by atoms with van der Waals surface area (Å²) in [7, 11) is 0. The summed E-state index contributed by atoms with van der Waals surface area (Å²) in [5, 5.41) is 0. The van der Waals surface area contributed by atoms with E-state index in [1.807, 2.05) is 0 Å². The average molecular weight is 482 g/mol. The fourth-order valence-corrected chi connectivity index (χ4v) is 1.71. The molecule has 0 atom stereocenters. The maximum atomic E-state index is 13.4. The molecule has 0 aliphatic rings. The summed E-state index contributed by atoms with van der Waals surface area (Å²) in [6.07, 6.45) is -19.7. The first-order valence-corrected chi connectivity index (χ1v) is 7.10. The highest BCUT2D eigenvalue weighted by Crippen LogP contribution is 2.60. The second kappa shape index (κ2) is 8.01. The van der Waals surface area contributed by atoms with Gasteiger partial charge in [0.05, 0.1) is 0 Å². The van der Waals surface area contributed by atoms with Crippen molar-refractivity contribution in [2.75, 3.05) is 0 Å². The molecule has 0 aliphatic carbocycles. The highest BCUT2D eigenvalue weighted by molar-refractivity contribution is 5.81. The number of rotatable bonds is 10. The molecule has 0 aromatic heterocycles. The Balaban J connectivity index is 6.08. The van der Waals surface area contributed by atoms with Gasteiger partial charge in [0.2, 0.25) is 0 Å². The molecule has 0 saturated carbocycles. The molecule has 0 radical (unpaired) electrons. The highest BCUT2D eigenvalue weighted by atomic mass is 19.4. The first-order valence-electron chi connectivity index (χ1n) is 7.10. The molecular formula is C13H9F15O2. The van der Waals surface area contributed by atoms with Gasteiger partial charge >= 0.3 is 47.9 Å². The first-order chi connectivity index (χ1) is 12.9. The minimum absolute atomic E-state index is 0.344. The number of halogens is 15. The monoisotopic (exact) mass is 482 g/mol. The predicted octanol–water partition coefficient (Wildman–Crippen LogP) is 6.22. The number of alkyl halides is 15. The Kier molecular flexibility index (Phi) is 7.52.